The third kappa shape index (κ3) is 3.86. The molecule has 4 N–H and O–H groups in total. The van der Waals surface area contributed by atoms with Crippen LogP contribution in [-0.4, -0.2) is 46.6 Å². The van der Waals surface area contributed by atoms with Gasteiger partial charge in [-0.25, -0.2) is 19.3 Å². The third-order valence-corrected chi connectivity index (χ3v) is 6.83. The molecule has 0 spiro atoms. The van der Waals surface area contributed by atoms with Crippen LogP contribution < -0.4 is 21.1 Å². The van der Waals surface area contributed by atoms with Crippen molar-refractivity contribution in [1.29, 1.82) is 0 Å². The van der Waals surface area contributed by atoms with Crippen LogP contribution >= 0.6 is 11.6 Å². The number of nitrogens with two attached hydrogens (primary N) is 1. The first-order valence-electron chi connectivity index (χ1n) is 11.4. The summed E-state index contributed by atoms with van der Waals surface area (Å²) in [5.41, 5.74) is 11.3. The summed E-state index contributed by atoms with van der Waals surface area (Å²) in [6.45, 7) is 3.03. The highest BCUT2D eigenvalue weighted by Crippen LogP contribution is 2.42. The van der Waals surface area contributed by atoms with Crippen molar-refractivity contribution in [3.8, 4) is 17.0 Å². The molecule has 0 bridgehead atoms. The Kier molecular flexibility index (Phi) is 5.31. The standard InChI is InChI=1S/C25H23ClFN7O/c1-34-6-4-13-2-3-15(8-14(13)12-34)32-25-31-11-18-19(33-25)9-16(21(27)22(18)28)17-10-30-24-23(20(17)26)29-5-7-35-24/h2-3,8-11,29H,4-7,12,28H2,1H3,(H,31,32,33). The average Bonchev–Trinajstić information content (AvgIpc) is 2.86. The number of nitrogens with one attached hydrogen (secondary N) is 2. The summed E-state index contributed by atoms with van der Waals surface area (Å²) in [7, 11) is 2.12. The molecule has 2 aromatic carbocycles. The monoisotopic (exact) mass is 491 g/mol. The Balaban J connectivity index is 1.39. The van der Waals surface area contributed by atoms with Gasteiger partial charge >= 0.3 is 0 Å². The smallest absolute Gasteiger partial charge is 0.239 e. The Labute approximate surface area is 206 Å². The van der Waals surface area contributed by atoms with Gasteiger partial charge in [0.25, 0.3) is 0 Å². The number of halogens is 2. The fourth-order valence-electron chi connectivity index (χ4n) is 4.58. The summed E-state index contributed by atoms with van der Waals surface area (Å²) in [4.78, 5) is 15.6. The molecule has 10 heteroatoms. The van der Waals surface area contributed by atoms with Gasteiger partial charge in [-0.15, -0.1) is 0 Å². The fourth-order valence-corrected chi connectivity index (χ4v) is 4.88. The summed E-state index contributed by atoms with van der Waals surface area (Å²) in [5.74, 6) is 0.188. The molecule has 8 nitrogen and oxygen atoms in total. The molecule has 6 rings (SSSR count). The predicted octanol–water partition coefficient (Wildman–Crippen LogP) is 4.60. The van der Waals surface area contributed by atoms with Crippen LogP contribution in [0.1, 0.15) is 11.1 Å². The molecule has 4 heterocycles. The zero-order valence-corrected chi connectivity index (χ0v) is 19.8. The highest BCUT2D eigenvalue weighted by atomic mass is 35.5. The molecule has 178 valence electrons. The van der Waals surface area contributed by atoms with E-state index in [2.05, 4.69) is 49.7 Å². The number of pyridine rings is 1. The zero-order valence-electron chi connectivity index (χ0n) is 19.0. The molecular weight excluding hydrogens is 469 g/mol. The molecule has 0 amide bonds. The maximum atomic E-state index is 15.3. The van der Waals surface area contributed by atoms with Gasteiger partial charge in [-0.3, -0.25) is 0 Å². The molecule has 0 fully saturated rings. The number of hydrogen-bond acceptors (Lipinski definition) is 8. The first-order valence-corrected chi connectivity index (χ1v) is 11.7. The summed E-state index contributed by atoms with van der Waals surface area (Å²) in [6, 6.07) is 7.90. The van der Waals surface area contributed by atoms with Gasteiger partial charge in [-0.2, -0.15) is 0 Å². The minimum absolute atomic E-state index is 0.0427. The normalized spacial score (nSPS) is 15.2. The Morgan fingerprint density at radius 1 is 1.17 bits per heavy atom. The molecule has 0 saturated heterocycles. The van der Waals surface area contributed by atoms with E-state index >= 15 is 4.39 Å². The first kappa shape index (κ1) is 21.8. The lowest BCUT2D eigenvalue weighted by atomic mass is 9.99. The SMILES string of the molecule is CN1CCc2ccc(Nc3ncc4c(N)c(F)c(-c5cnc6c(c5Cl)NCCO6)cc4n3)cc2C1. The third-order valence-electron chi connectivity index (χ3n) is 6.44. The number of likely N-dealkylation sites (N-methyl/N-ethyl adjacent to an activating group) is 1. The van der Waals surface area contributed by atoms with Crippen molar-refractivity contribution in [3.63, 3.8) is 0 Å². The number of hydrogen-bond donors (Lipinski definition) is 3. The quantitative estimate of drug-likeness (QED) is 0.357. The topological polar surface area (TPSA) is 101 Å². The summed E-state index contributed by atoms with van der Waals surface area (Å²) in [5, 5.41) is 7.17. The molecule has 2 aliphatic heterocycles. The largest absolute Gasteiger partial charge is 0.474 e. The molecule has 35 heavy (non-hydrogen) atoms. The van der Waals surface area contributed by atoms with Gasteiger partial charge in [0.15, 0.2) is 5.82 Å². The number of anilines is 4. The van der Waals surface area contributed by atoms with Gasteiger partial charge < -0.3 is 26.0 Å². The van der Waals surface area contributed by atoms with Crippen molar-refractivity contribution < 1.29 is 9.13 Å². The van der Waals surface area contributed by atoms with Crippen LogP contribution in [0, 0.1) is 5.82 Å². The van der Waals surface area contributed by atoms with Crippen LogP contribution in [0.3, 0.4) is 0 Å². The van der Waals surface area contributed by atoms with E-state index in [1.165, 1.54) is 23.5 Å². The van der Waals surface area contributed by atoms with Crippen molar-refractivity contribution >= 4 is 45.5 Å². The minimum Gasteiger partial charge on any atom is -0.474 e. The maximum Gasteiger partial charge on any atom is 0.239 e. The molecule has 4 aromatic rings. The second kappa shape index (κ2) is 8.51. The minimum atomic E-state index is -0.596. The number of aromatic nitrogens is 3. The van der Waals surface area contributed by atoms with E-state index in [1.807, 2.05) is 6.07 Å². The van der Waals surface area contributed by atoms with Crippen LogP contribution in [0.2, 0.25) is 5.02 Å². The Bertz CT molecular complexity index is 1480. The number of fused-ring (bicyclic) bond motifs is 3. The predicted molar refractivity (Wildman–Crippen MR) is 136 cm³/mol. The average molecular weight is 492 g/mol. The van der Waals surface area contributed by atoms with Crippen LogP contribution in [-0.2, 0) is 13.0 Å². The molecular formula is C25H23ClFN7O. The van der Waals surface area contributed by atoms with Crippen molar-refractivity contribution in [2.45, 2.75) is 13.0 Å². The van der Waals surface area contributed by atoms with Gasteiger partial charge in [-0.05, 0) is 42.8 Å². The van der Waals surface area contributed by atoms with Crippen molar-refractivity contribution in [1.82, 2.24) is 19.9 Å². The van der Waals surface area contributed by atoms with E-state index in [0.717, 1.165) is 25.2 Å². The lowest BCUT2D eigenvalue weighted by molar-refractivity contribution is 0.310. The van der Waals surface area contributed by atoms with Crippen LogP contribution in [0.25, 0.3) is 22.0 Å². The molecule has 0 saturated carbocycles. The van der Waals surface area contributed by atoms with Gasteiger partial charge in [0, 0.05) is 54.2 Å². The van der Waals surface area contributed by atoms with Gasteiger partial charge in [0.05, 0.1) is 16.2 Å². The summed E-state index contributed by atoms with van der Waals surface area (Å²) < 4.78 is 20.9. The molecule has 0 atom stereocenters. The van der Waals surface area contributed by atoms with Gasteiger partial charge in [0.1, 0.15) is 12.3 Å². The number of benzene rings is 2. The maximum absolute atomic E-state index is 15.3. The Morgan fingerprint density at radius 2 is 2.06 bits per heavy atom. The van der Waals surface area contributed by atoms with E-state index in [-0.39, 0.29) is 11.3 Å². The van der Waals surface area contributed by atoms with E-state index in [1.54, 1.807) is 6.07 Å². The van der Waals surface area contributed by atoms with Crippen LogP contribution in [0.5, 0.6) is 5.88 Å². The first-order chi connectivity index (χ1) is 17.0. The molecule has 2 aromatic heterocycles. The molecule has 0 unspecified atom stereocenters. The van der Waals surface area contributed by atoms with Crippen molar-refractivity contribution in [2.24, 2.45) is 0 Å². The number of nitrogen functional groups attached to an aromatic ring is 1. The van der Waals surface area contributed by atoms with Gasteiger partial charge in [-0.1, -0.05) is 17.7 Å². The van der Waals surface area contributed by atoms with E-state index in [4.69, 9.17) is 22.1 Å². The number of nitrogens with zero attached hydrogens (tertiary/aromatic N) is 4. The Morgan fingerprint density at radius 3 is 2.94 bits per heavy atom. The molecule has 0 radical (unpaired) electrons. The lowest BCUT2D eigenvalue weighted by Crippen LogP contribution is -2.26. The van der Waals surface area contributed by atoms with E-state index < -0.39 is 5.82 Å². The van der Waals surface area contributed by atoms with Gasteiger partial charge in [0.2, 0.25) is 11.8 Å². The van der Waals surface area contributed by atoms with Crippen molar-refractivity contribution in [3.05, 3.63) is 58.6 Å². The lowest BCUT2D eigenvalue weighted by Gasteiger charge is -2.25. The Hall–Kier alpha value is -3.69. The van der Waals surface area contributed by atoms with Crippen molar-refractivity contribution in [2.75, 3.05) is 43.1 Å². The molecule has 0 aliphatic carbocycles. The number of rotatable bonds is 3. The van der Waals surface area contributed by atoms with E-state index in [9.17, 15) is 0 Å². The number of ether oxygens (including phenoxy) is 1. The highest BCUT2D eigenvalue weighted by Gasteiger charge is 2.22. The molecule has 2 aliphatic rings. The van der Waals surface area contributed by atoms with Crippen LogP contribution in [0.15, 0.2) is 36.7 Å². The summed E-state index contributed by atoms with van der Waals surface area (Å²) >= 11 is 6.61. The van der Waals surface area contributed by atoms with E-state index in [0.29, 0.717) is 52.2 Å². The zero-order chi connectivity index (χ0) is 24.1. The summed E-state index contributed by atoms with van der Waals surface area (Å²) in [6.07, 6.45) is 4.05. The highest BCUT2D eigenvalue weighted by molar-refractivity contribution is 6.36. The fraction of sp³-hybridized carbons (Fsp3) is 0.240. The van der Waals surface area contributed by atoms with Crippen LogP contribution in [0.4, 0.5) is 27.4 Å². The second-order valence-corrected chi connectivity index (χ2v) is 9.19. The second-order valence-electron chi connectivity index (χ2n) is 8.82.